The fourth-order valence-corrected chi connectivity index (χ4v) is 3.25. The maximum atomic E-state index is 13.4. The highest BCUT2D eigenvalue weighted by molar-refractivity contribution is 5.98. The van der Waals surface area contributed by atoms with Crippen LogP contribution < -0.4 is 4.74 Å². The molecule has 0 saturated carbocycles. The van der Waals surface area contributed by atoms with Crippen LogP contribution in [0.15, 0.2) is 79.3 Å². The van der Waals surface area contributed by atoms with Crippen LogP contribution in [0.4, 0.5) is 8.78 Å². The molecule has 33 heavy (non-hydrogen) atoms. The van der Waals surface area contributed by atoms with Gasteiger partial charge in [0.15, 0.2) is 0 Å². The van der Waals surface area contributed by atoms with E-state index in [0.717, 1.165) is 5.56 Å². The fraction of sp³-hybridized carbons (Fsp3) is 0.120. The van der Waals surface area contributed by atoms with Gasteiger partial charge in [0.25, 0.3) is 6.43 Å². The van der Waals surface area contributed by atoms with Crippen LogP contribution in [-0.4, -0.2) is 28.0 Å². The molecule has 0 aliphatic carbocycles. The Hall–Kier alpha value is -4.20. The Morgan fingerprint density at radius 2 is 1.70 bits per heavy atom. The molecule has 0 bridgehead atoms. The van der Waals surface area contributed by atoms with Crippen LogP contribution in [0.5, 0.6) is 5.75 Å². The van der Waals surface area contributed by atoms with Gasteiger partial charge in [0.05, 0.1) is 30.3 Å². The number of rotatable bonds is 7. The second-order valence-corrected chi connectivity index (χ2v) is 7.00. The first kappa shape index (κ1) is 22.0. The number of ether oxygens (including phenoxy) is 2. The number of methoxy groups -OCH3 is 1. The van der Waals surface area contributed by atoms with Crippen molar-refractivity contribution >= 4 is 5.97 Å². The molecule has 0 unspecified atom stereocenters. The molecule has 0 saturated heterocycles. The number of carbonyl (C=O) groups is 1. The molecule has 0 aliphatic rings. The first-order chi connectivity index (χ1) is 16.1. The quantitative estimate of drug-likeness (QED) is 0.348. The molecule has 0 fully saturated rings. The van der Waals surface area contributed by atoms with Crippen LogP contribution in [0.25, 0.3) is 22.5 Å². The zero-order chi connectivity index (χ0) is 23.2. The molecule has 0 atom stereocenters. The van der Waals surface area contributed by atoms with Gasteiger partial charge < -0.3 is 9.47 Å². The lowest BCUT2D eigenvalue weighted by molar-refractivity contribution is 0.0473. The summed E-state index contributed by atoms with van der Waals surface area (Å²) in [4.78, 5) is 25.4. The Morgan fingerprint density at radius 3 is 2.39 bits per heavy atom. The van der Waals surface area contributed by atoms with Crippen molar-refractivity contribution in [3.05, 3.63) is 96.1 Å². The van der Waals surface area contributed by atoms with Crippen molar-refractivity contribution in [3.8, 4) is 28.3 Å². The van der Waals surface area contributed by atoms with E-state index in [1.807, 2.05) is 30.3 Å². The van der Waals surface area contributed by atoms with Gasteiger partial charge in [-0.05, 0) is 29.8 Å². The van der Waals surface area contributed by atoms with E-state index in [2.05, 4.69) is 15.0 Å². The molecule has 0 N–H and O–H groups in total. The molecule has 0 aliphatic heterocycles. The van der Waals surface area contributed by atoms with Crippen LogP contribution in [0.1, 0.15) is 28.0 Å². The monoisotopic (exact) mass is 447 g/mol. The average molecular weight is 447 g/mol. The minimum absolute atomic E-state index is 0.0525. The average Bonchev–Trinajstić information content (AvgIpc) is 2.87. The second-order valence-electron chi connectivity index (χ2n) is 7.00. The minimum Gasteiger partial charge on any atom is -0.494 e. The lowest BCUT2D eigenvalue weighted by Gasteiger charge is -2.15. The Kier molecular flexibility index (Phi) is 6.64. The van der Waals surface area contributed by atoms with Crippen molar-refractivity contribution in [2.24, 2.45) is 0 Å². The summed E-state index contributed by atoms with van der Waals surface area (Å²) in [6, 6.07) is 17.3. The molecule has 6 nitrogen and oxygen atoms in total. The van der Waals surface area contributed by atoms with E-state index in [1.165, 1.54) is 25.6 Å². The molecule has 0 amide bonds. The second kappa shape index (κ2) is 9.95. The Morgan fingerprint density at radius 1 is 0.909 bits per heavy atom. The van der Waals surface area contributed by atoms with Crippen molar-refractivity contribution in [2.75, 3.05) is 7.11 Å². The summed E-state index contributed by atoms with van der Waals surface area (Å²) in [5.41, 5.74) is 2.10. The molecule has 4 aromatic rings. The number of carbonyl (C=O) groups excluding carboxylic acids is 1. The first-order valence-electron chi connectivity index (χ1n) is 10.0. The van der Waals surface area contributed by atoms with E-state index in [-0.39, 0.29) is 23.5 Å². The number of alkyl halides is 2. The highest BCUT2D eigenvalue weighted by Crippen LogP contribution is 2.36. The Bertz CT molecular complexity index is 1250. The number of pyridine rings is 3. The van der Waals surface area contributed by atoms with Crippen molar-refractivity contribution in [1.29, 1.82) is 0 Å². The summed E-state index contributed by atoms with van der Waals surface area (Å²) in [6.07, 6.45) is 1.38. The van der Waals surface area contributed by atoms with Gasteiger partial charge in [-0.15, -0.1) is 0 Å². The molecule has 3 aromatic heterocycles. The van der Waals surface area contributed by atoms with Gasteiger partial charge in [-0.3, -0.25) is 15.0 Å². The van der Waals surface area contributed by atoms with Gasteiger partial charge in [-0.1, -0.05) is 36.4 Å². The number of hydrogen-bond acceptors (Lipinski definition) is 6. The molecule has 0 spiro atoms. The molecule has 8 heteroatoms. The summed E-state index contributed by atoms with van der Waals surface area (Å²) < 4.78 is 37.6. The topological polar surface area (TPSA) is 74.2 Å². The third-order valence-electron chi connectivity index (χ3n) is 4.89. The van der Waals surface area contributed by atoms with Gasteiger partial charge in [-0.25, -0.2) is 13.6 Å². The summed E-state index contributed by atoms with van der Waals surface area (Å²) in [7, 11) is 1.40. The molecule has 1 aromatic carbocycles. The molecular formula is C25H19F2N3O3. The third kappa shape index (κ3) is 5.01. The lowest BCUT2D eigenvalue weighted by Crippen LogP contribution is -2.09. The van der Waals surface area contributed by atoms with Gasteiger partial charge in [-0.2, -0.15) is 0 Å². The summed E-state index contributed by atoms with van der Waals surface area (Å²) >= 11 is 0. The number of halogens is 2. The lowest BCUT2D eigenvalue weighted by atomic mass is 9.99. The third-order valence-corrected chi connectivity index (χ3v) is 4.89. The van der Waals surface area contributed by atoms with Gasteiger partial charge in [0, 0.05) is 23.5 Å². The number of hydrogen-bond donors (Lipinski definition) is 0. The Labute approximate surface area is 188 Å². The van der Waals surface area contributed by atoms with Crippen LogP contribution in [-0.2, 0) is 11.3 Å². The van der Waals surface area contributed by atoms with E-state index in [0.29, 0.717) is 17.0 Å². The number of aromatic nitrogens is 3. The van der Waals surface area contributed by atoms with Gasteiger partial charge in [0.2, 0.25) is 0 Å². The molecule has 4 rings (SSSR count). The van der Waals surface area contributed by atoms with Gasteiger partial charge >= 0.3 is 5.97 Å². The largest absolute Gasteiger partial charge is 0.494 e. The predicted molar refractivity (Wildman–Crippen MR) is 118 cm³/mol. The number of nitrogens with zero attached hydrogens (tertiary/aromatic N) is 3. The number of esters is 1. The predicted octanol–water partition coefficient (Wildman–Crippen LogP) is 5.51. The van der Waals surface area contributed by atoms with E-state index < -0.39 is 18.1 Å². The highest BCUT2D eigenvalue weighted by atomic mass is 19.3. The highest BCUT2D eigenvalue weighted by Gasteiger charge is 2.22. The zero-order valence-corrected chi connectivity index (χ0v) is 17.6. The van der Waals surface area contributed by atoms with Crippen LogP contribution in [0.2, 0.25) is 0 Å². The summed E-state index contributed by atoms with van der Waals surface area (Å²) in [5.74, 6) is -0.416. The van der Waals surface area contributed by atoms with E-state index >= 15 is 0 Å². The first-order valence-corrected chi connectivity index (χ1v) is 10.0. The van der Waals surface area contributed by atoms with Crippen molar-refractivity contribution in [2.45, 2.75) is 13.0 Å². The SMILES string of the molecule is COc1cnc(C(F)F)cc1-c1cc(-c2ccccn2)ncc1C(=O)OCc1ccccc1. The van der Waals surface area contributed by atoms with E-state index in [9.17, 15) is 13.6 Å². The molecule has 0 radical (unpaired) electrons. The normalized spacial score (nSPS) is 10.8. The summed E-state index contributed by atoms with van der Waals surface area (Å²) in [5, 5.41) is 0. The van der Waals surface area contributed by atoms with Crippen LogP contribution in [0, 0.1) is 0 Å². The fourth-order valence-electron chi connectivity index (χ4n) is 3.25. The maximum absolute atomic E-state index is 13.4. The summed E-state index contributed by atoms with van der Waals surface area (Å²) in [6.45, 7) is 0.0525. The zero-order valence-electron chi connectivity index (χ0n) is 17.6. The van der Waals surface area contributed by atoms with E-state index in [1.54, 1.807) is 30.5 Å². The number of benzene rings is 1. The van der Waals surface area contributed by atoms with Crippen molar-refractivity contribution in [1.82, 2.24) is 15.0 Å². The maximum Gasteiger partial charge on any atom is 0.340 e. The van der Waals surface area contributed by atoms with Crippen molar-refractivity contribution < 1.29 is 23.0 Å². The Balaban J connectivity index is 1.80. The van der Waals surface area contributed by atoms with Crippen LogP contribution >= 0.6 is 0 Å². The smallest absolute Gasteiger partial charge is 0.340 e. The molecular weight excluding hydrogens is 428 g/mol. The van der Waals surface area contributed by atoms with E-state index in [4.69, 9.17) is 9.47 Å². The van der Waals surface area contributed by atoms with Crippen molar-refractivity contribution in [3.63, 3.8) is 0 Å². The molecule has 3 heterocycles. The van der Waals surface area contributed by atoms with Gasteiger partial charge in [0.1, 0.15) is 18.1 Å². The van der Waals surface area contributed by atoms with Crippen LogP contribution in [0.3, 0.4) is 0 Å². The minimum atomic E-state index is -2.79. The molecule has 166 valence electrons. The standard InChI is InChI=1S/C25H19F2N3O3/c1-32-23-14-30-22(24(26)27)12-18(23)17-11-21(20-9-5-6-10-28-20)29-13-19(17)25(31)33-15-16-7-3-2-4-8-16/h2-14,24H,15H2,1H3.